The molecule has 1 heterocycles. The molecule has 0 spiro atoms. The van der Waals surface area contributed by atoms with E-state index in [1.165, 1.54) is 31.7 Å². The second kappa shape index (κ2) is 6.24. The van der Waals surface area contributed by atoms with Crippen LogP contribution in [0.25, 0.3) is 0 Å². The van der Waals surface area contributed by atoms with E-state index < -0.39 is 0 Å². The predicted octanol–water partition coefficient (Wildman–Crippen LogP) is 1.94. The van der Waals surface area contributed by atoms with Gasteiger partial charge in [-0.2, -0.15) is 0 Å². The fourth-order valence-corrected chi connectivity index (χ4v) is 2.86. The zero-order valence-electron chi connectivity index (χ0n) is 12.0. The van der Waals surface area contributed by atoms with E-state index in [9.17, 15) is 4.79 Å². The van der Waals surface area contributed by atoms with E-state index in [-0.39, 0.29) is 5.56 Å². The van der Waals surface area contributed by atoms with E-state index in [0.717, 1.165) is 12.5 Å². The minimum Gasteiger partial charge on any atom is -0.398 e. The molecule has 1 fully saturated rings. The van der Waals surface area contributed by atoms with Gasteiger partial charge < -0.3 is 15.2 Å². The van der Waals surface area contributed by atoms with Crippen LogP contribution < -0.4 is 11.3 Å². The molecular formula is C15H25N3O. The van der Waals surface area contributed by atoms with Crippen molar-refractivity contribution in [2.75, 3.05) is 19.3 Å². The molecule has 0 saturated heterocycles. The third-order valence-electron chi connectivity index (χ3n) is 4.31. The van der Waals surface area contributed by atoms with Crippen molar-refractivity contribution in [2.45, 2.75) is 45.2 Å². The normalized spacial score (nSPS) is 23.7. The highest BCUT2D eigenvalue weighted by Crippen LogP contribution is 2.26. The Labute approximate surface area is 115 Å². The maximum atomic E-state index is 11.7. The molecule has 0 bridgehead atoms. The van der Waals surface area contributed by atoms with E-state index >= 15 is 0 Å². The van der Waals surface area contributed by atoms with E-state index in [1.807, 2.05) is 0 Å². The molecule has 19 heavy (non-hydrogen) atoms. The first-order chi connectivity index (χ1) is 9.06. The number of likely N-dealkylation sites (N-methyl/N-ethyl adjacent to an activating group) is 1. The van der Waals surface area contributed by atoms with Gasteiger partial charge >= 0.3 is 0 Å². The molecule has 0 unspecified atom stereocenters. The van der Waals surface area contributed by atoms with Crippen molar-refractivity contribution in [3.63, 3.8) is 0 Å². The first kappa shape index (κ1) is 14.1. The Morgan fingerprint density at radius 2 is 2.00 bits per heavy atom. The summed E-state index contributed by atoms with van der Waals surface area (Å²) in [7, 11) is 2.16. The Morgan fingerprint density at radius 1 is 1.32 bits per heavy atom. The predicted molar refractivity (Wildman–Crippen MR) is 79.2 cm³/mol. The van der Waals surface area contributed by atoms with Crippen LogP contribution in [0.5, 0.6) is 0 Å². The molecule has 1 saturated carbocycles. The monoisotopic (exact) mass is 263 g/mol. The topological polar surface area (TPSA) is 51.3 Å². The van der Waals surface area contributed by atoms with Crippen molar-refractivity contribution in [3.05, 3.63) is 28.7 Å². The highest BCUT2D eigenvalue weighted by molar-refractivity contribution is 5.33. The highest BCUT2D eigenvalue weighted by Gasteiger charge is 2.21. The highest BCUT2D eigenvalue weighted by atomic mass is 16.1. The summed E-state index contributed by atoms with van der Waals surface area (Å²) in [6.07, 6.45) is 6.95. The smallest absolute Gasteiger partial charge is 0.250 e. The second-order valence-corrected chi connectivity index (χ2v) is 5.89. The summed E-state index contributed by atoms with van der Waals surface area (Å²) >= 11 is 0. The van der Waals surface area contributed by atoms with Gasteiger partial charge in [-0.1, -0.05) is 6.92 Å². The summed E-state index contributed by atoms with van der Waals surface area (Å²) in [6, 6.07) is 3.87. The third-order valence-corrected chi connectivity index (χ3v) is 4.31. The molecule has 0 atom stereocenters. The molecule has 2 N–H and O–H groups in total. The fourth-order valence-electron chi connectivity index (χ4n) is 2.86. The van der Waals surface area contributed by atoms with Crippen LogP contribution in [-0.2, 0) is 6.54 Å². The summed E-state index contributed by atoms with van der Waals surface area (Å²) in [6.45, 7) is 3.96. The molecule has 1 aliphatic carbocycles. The molecule has 2 rings (SSSR count). The fraction of sp³-hybridized carbons (Fsp3) is 0.667. The lowest BCUT2D eigenvalue weighted by atomic mass is 9.87. The number of nitrogen functional groups attached to an aromatic ring is 1. The lowest BCUT2D eigenvalue weighted by molar-refractivity contribution is 0.165. The molecule has 4 heteroatoms. The van der Waals surface area contributed by atoms with Crippen LogP contribution >= 0.6 is 0 Å². The number of rotatable bonds is 4. The van der Waals surface area contributed by atoms with E-state index in [4.69, 9.17) is 5.73 Å². The first-order valence-electron chi connectivity index (χ1n) is 7.22. The summed E-state index contributed by atoms with van der Waals surface area (Å²) in [5.41, 5.74) is 6.39. The van der Waals surface area contributed by atoms with Gasteiger partial charge in [0, 0.05) is 37.1 Å². The van der Waals surface area contributed by atoms with Gasteiger partial charge in [0.1, 0.15) is 0 Å². The van der Waals surface area contributed by atoms with Crippen LogP contribution in [0.3, 0.4) is 0 Å². The maximum Gasteiger partial charge on any atom is 0.250 e. The number of nitrogens with two attached hydrogens (primary N) is 1. The van der Waals surface area contributed by atoms with Crippen molar-refractivity contribution in [1.82, 2.24) is 9.47 Å². The van der Waals surface area contributed by atoms with Gasteiger partial charge in [-0.05, 0) is 44.7 Å². The van der Waals surface area contributed by atoms with Crippen LogP contribution in [0.1, 0.15) is 32.6 Å². The van der Waals surface area contributed by atoms with E-state index in [0.29, 0.717) is 18.3 Å². The van der Waals surface area contributed by atoms with Crippen LogP contribution in [-0.4, -0.2) is 29.1 Å². The number of hydrogen-bond acceptors (Lipinski definition) is 3. The zero-order valence-corrected chi connectivity index (χ0v) is 12.0. The van der Waals surface area contributed by atoms with Gasteiger partial charge in [0.25, 0.3) is 5.56 Å². The van der Waals surface area contributed by atoms with Gasteiger partial charge in [-0.3, -0.25) is 4.79 Å². The zero-order chi connectivity index (χ0) is 13.8. The minimum absolute atomic E-state index is 0.0277. The SMILES string of the molecule is CC1CCC(N(C)CCn2cc(N)ccc2=O)CC1. The molecule has 0 aromatic carbocycles. The Morgan fingerprint density at radius 3 is 2.68 bits per heavy atom. The third kappa shape index (κ3) is 3.83. The average Bonchev–Trinajstić information content (AvgIpc) is 2.40. The van der Waals surface area contributed by atoms with Gasteiger partial charge in [-0.15, -0.1) is 0 Å². The molecule has 1 aromatic rings. The molecule has 4 nitrogen and oxygen atoms in total. The van der Waals surface area contributed by atoms with Crippen LogP contribution in [0.4, 0.5) is 5.69 Å². The molecule has 1 aromatic heterocycles. The first-order valence-corrected chi connectivity index (χ1v) is 7.22. The number of aromatic nitrogens is 1. The van der Waals surface area contributed by atoms with E-state index in [1.54, 1.807) is 16.8 Å². The number of nitrogens with zero attached hydrogens (tertiary/aromatic N) is 2. The van der Waals surface area contributed by atoms with Gasteiger partial charge in [0.05, 0.1) is 0 Å². The minimum atomic E-state index is 0.0277. The summed E-state index contributed by atoms with van der Waals surface area (Å²) in [4.78, 5) is 14.1. The maximum absolute atomic E-state index is 11.7. The summed E-state index contributed by atoms with van der Waals surface area (Å²) < 4.78 is 1.71. The molecule has 0 aliphatic heterocycles. The lowest BCUT2D eigenvalue weighted by Gasteiger charge is -2.33. The van der Waals surface area contributed by atoms with Gasteiger partial charge in [-0.25, -0.2) is 0 Å². The average molecular weight is 263 g/mol. The number of pyridine rings is 1. The second-order valence-electron chi connectivity index (χ2n) is 5.89. The van der Waals surface area contributed by atoms with Crippen molar-refractivity contribution in [3.8, 4) is 0 Å². The van der Waals surface area contributed by atoms with Gasteiger partial charge in [0.15, 0.2) is 0 Å². The Hall–Kier alpha value is -1.29. The Balaban J connectivity index is 1.88. The molecule has 0 radical (unpaired) electrons. The quantitative estimate of drug-likeness (QED) is 0.903. The Bertz CT molecular complexity index is 461. The van der Waals surface area contributed by atoms with Crippen LogP contribution in [0.15, 0.2) is 23.1 Å². The summed E-state index contributed by atoms with van der Waals surface area (Å²) in [5.74, 6) is 0.876. The number of anilines is 1. The molecule has 0 amide bonds. The van der Waals surface area contributed by atoms with Crippen LogP contribution in [0.2, 0.25) is 0 Å². The van der Waals surface area contributed by atoms with Crippen molar-refractivity contribution in [2.24, 2.45) is 5.92 Å². The number of hydrogen-bond donors (Lipinski definition) is 1. The lowest BCUT2D eigenvalue weighted by Crippen LogP contribution is -2.37. The molecule has 106 valence electrons. The summed E-state index contributed by atoms with van der Waals surface area (Å²) in [5, 5.41) is 0. The standard InChI is InChI=1S/C15H25N3O/c1-12-3-6-14(7-4-12)17(2)9-10-18-11-13(16)5-8-15(18)19/h5,8,11-12,14H,3-4,6-7,9-10,16H2,1-2H3. The van der Waals surface area contributed by atoms with Crippen molar-refractivity contribution >= 4 is 5.69 Å². The van der Waals surface area contributed by atoms with Gasteiger partial charge in [0.2, 0.25) is 0 Å². The van der Waals surface area contributed by atoms with Crippen molar-refractivity contribution in [1.29, 1.82) is 0 Å². The van der Waals surface area contributed by atoms with Crippen LogP contribution in [0, 0.1) is 5.92 Å². The largest absolute Gasteiger partial charge is 0.398 e. The molecule has 1 aliphatic rings. The Kier molecular flexibility index (Phi) is 4.64. The van der Waals surface area contributed by atoms with E-state index in [2.05, 4.69) is 18.9 Å². The van der Waals surface area contributed by atoms with Crippen molar-refractivity contribution < 1.29 is 0 Å². The molecular weight excluding hydrogens is 238 g/mol.